The smallest absolute Gasteiger partial charge is 0.333 e. The molecule has 1 aliphatic heterocycles. The van der Waals surface area contributed by atoms with Gasteiger partial charge in [-0.05, 0) is 6.42 Å². The summed E-state index contributed by atoms with van der Waals surface area (Å²) in [5.74, 6) is 5.92. The van der Waals surface area contributed by atoms with Crippen LogP contribution in [-0.4, -0.2) is 15.8 Å². The molecule has 0 saturated heterocycles. The highest BCUT2D eigenvalue weighted by Gasteiger charge is 2.26. The van der Waals surface area contributed by atoms with Crippen LogP contribution in [0.1, 0.15) is 32.6 Å². The molecule has 0 aliphatic carbocycles. The molecule has 0 radical (unpaired) electrons. The van der Waals surface area contributed by atoms with Crippen LogP contribution in [-0.2, 0) is 13.6 Å². The van der Waals surface area contributed by atoms with Gasteiger partial charge in [0, 0.05) is 19.5 Å². The molecule has 0 atom stereocenters. The molecule has 2 heterocycles. The molecule has 0 amide bonds. The van der Waals surface area contributed by atoms with Crippen molar-refractivity contribution < 1.29 is 0 Å². The van der Waals surface area contributed by atoms with Gasteiger partial charge in [0.1, 0.15) is 12.4 Å². The molecule has 116 valence electrons. The van der Waals surface area contributed by atoms with E-state index in [0.717, 1.165) is 30.3 Å². The third-order valence-electron chi connectivity index (χ3n) is 3.56. The van der Waals surface area contributed by atoms with E-state index < -0.39 is 11.2 Å². The molecule has 6 nitrogen and oxygen atoms in total. The fourth-order valence-electron chi connectivity index (χ4n) is 2.40. The number of aromatic nitrogens is 2. The first kappa shape index (κ1) is 15.8. The predicted octanol–water partition coefficient (Wildman–Crippen LogP) is 0.911. The Morgan fingerprint density at radius 1 is 1.32 bits per heavy atom. The molecule has 22 heavy (non-hydrogen) atoms. The van der Waals surface area contributed by atoms with Gasteiger partial charge in [-0.15, -0.1) is 6.42 Å². The quantitative estimate of drug-likeness (QED) is 0.663. The van der Waals surface area contributed by atoms with Crippen LogP contribution in [0.25, 0.3) is 0 Å². The standard InChI is InChI=1S/C16H20N4O2/c1-4-6-7-8-9-11-19-12-17-13-14(19)18(3)16(22)20(10-5-2)15(13)21/h2,17H,4,6-8,10,12H2,1,3H3. The van der Waals surface area contributed by atoms with E-state index in [0.29, 0.717) is 18.2 Å². The highest BCUT2D eigenvalue weighted by molar-refractivity contribution is 5.72. The van der Waals surface area contributed by atoms with Crippen molar-refractivity contribution in [1.82, 2.24) is 9.13 Å². The normalized spacial score (nSPS) is 12.1. The first-order valence-corrected chi connectivity index (χ1v) is 7.39. The van der Waals surface area contributed by atoms with Gasteiger partial charge in [0.2, 0.25) is 0 Å². The lowest BCUT2D eigenvalue weighted by atomic mass is 10.2. The van der Waals surface area contributed by atoms with E-state index in [-0.39, 0.29) is 6.54 Å². The lowest BCUT2D eigenvalue weighted by molar-refractivity contribution is 0.664. The molecule has 0 saturated carbocycles. The summed E-state index contributed by atoms with van der Waals surface area (Å²) in [5.41, 5.74) is -0.449. The minimum absolute atomic E-state index is 0.0385. The van der Waals surface area contributed by atoms with Gasteiger partial charge < -0.3 is 5.32 Å². The zero-order chi connectivity index (χ0) is 16.1. The van der Waals surface area contributed by atoms with Gasteiger partial charge in [-0.3, -0.25) is 14.3 Å². The van der Waals surface area contributed by atoms with E-state index in [1.165, 1.54) is 4.57 Å². The number of hydrogen-bond donors (Lipinski definition) is 1. The van der Waals surface area contributed by atoms with E-state index in [1.54, 1.807) is 11.9 Å². The van der Waals surface area contributed by atoms with E-state index in [2.05, 4.69) is 30.1 Å². The van der Waals surface area contributed by atoms with Crippen molar-refractivity contribution >= 4 is 11.5 Å². The Labute approximate surface area is 129 Å². The first-order valence-electron chi connectivity index (χ1n) is 7.39. The van der Waals surface area contributed by atoms with Gasteiger partial charge in [-0.1, -0.05) is 31.6 Å². The van der Waals surface area contributed by atoms with Crippen molar-refractivity contribution in [3.8, 4) is 24.3 Å². The summed E-state index contributed by atoms with van der Waals surface area (Å²) in [6.45, 7) is 2.49. The molecule has 1 N–H and O–H groups in total. The summed E-state index contributed by atoms with van der Waals surface area (Å²) in [4.78, 5) is 26.2. The van der Waals surface area contributed by atoms with E-state index >= 15 is 0 Å². The molecule has 0 unspecified atom stereocenters. The van der Waals surface area contributed by atoms with Crippen LogP contribution in [0.4, 0.5) is 11.5 Å². The molecule has 6 heteroatoms. The van der Waals surface area contributed by atoms with Crippen molar-refractivity contribution in [3.63, 3.8) is 0 Å². The summed E-state index contributed by atoms with van der Waals surface area (Å²) in [6.07, 6.45) is 9.38. The van der Waals surface area contributed by atoms with Crippen molar-refractivity contribution in [1.29, 1.82) is 0 Å². The van der Waals surface area contributed by atoms with Crippen molar-refractivity contribution in [3.05, 3.63) is 20.8 Å². The SMILES string of the molecule is C#CCn1c(=O)c2c(n(C)c1=O)N(C#CCCCCC)CN2. The molecule has 1 aromatic rings. The highest BCUT2D eigenvalue weighted by Crippen LogP contribution is 2.24. The topological polar surface area (TPSA) is 59.3 Å². The second-order valence-electron chi connectivity index (χ2n) is 5.14. The summed E-state index contributed by atoms with van der Waals surface area (Å²) in [7, 11) is 1.62. The summed E-state index contributed by atoms with van der Waals surface area (Å²) in [6, 6.07) is 3.02. The second-order valence-corrected chi connectivity index (χ2v) is 5.14. The molecule has 0 aromatic carbocycles. The van der Waals surface area contributed by atoms with Crippen LogP contribution in [0.15, 0.2) is 9.59 Å². The largest absolute Gasteiger partial charge is 0.359 e. The number of nitrogens with zero attached hydrogens (tertiary/aromatic N) is 3. The molecule has 0 fully saturated rings. The summed E-state index contributed by atoms with van der Waals surface area (Å²) >= 11 is 0. The van der Waals surface area contributed by atoms with Gasteiger partial charge in [0.15, 0.2) is 5.82 Å². The minimum Gasteiger partial charge on any atom is -0.359 e. The van der Waals surface area contributed by atoms with Crippen molar-refractivity contribution in [2.24, 2.45) is 7.05 Å². The van der Waals surface area contributed by atoms with Gasteiger partial charge >= 0.3 is 5.69 Å². The van der Waals surface area contributed by atoms with Gasteiger partial charge in [0.05, 0.1) is 6.54 Å². The molecule has 1 aliphatic rings. The van der Waals surface area contributed by atoms with Gasteiger partial charge in [-0.2, -0.15) is 0 Å². The lowest BCUT2D eigenvalue weighted by Gasteiger charge is -2.13. The summed E-state index contributed by atoms with van der Waals surface area (Å²) in [5, 5.41) is 3.00. The Morgan fingerprint density at radius 2 is 2.09 bits per heavy atom. The zero-order valence-electron chi connectivity index (χ0n) is 13.0. The third kappa shape index (κ3) is 2.87. The monoisotopic (exact) mass is 300 g/mol. The van der Waals surface area contributed by atoms with Crippen LogP contribution in [0, 0.1) is 24.3 Å². The van der Waals surface area contributed by atoms with Crippen molar-refractivity contribution in [2.45, 2.75) is 39.2 Å². The van der Waals surface area contributed by atoms with Gasteiger partial charge in [0.25, 0.3) is 5.56 Å². The minimum atomic E-state index is -0.428. The number of rotatable bonds is 4. The predicted molar refractivity (Wildman–Crippen MR) is 87.7 cm³/mol. The van der Waals surface area contributed by atoms with Crippen LogP contribution >= 0.6 is 0 Å². The number of unbranched alkanes of at least 4 members (excludes halogenated alkanes) is 3. The lowest BCUT2D eigenvalue weighted by Crippen LogP contribution is -2.39. The van der Waals surface area contributed by atoms with E-state index in [4.69, 9.17) is 6.42 Å². The van der Waals surface area contributed by atoms with E-state index in [9.17, 15) is 9.59 Å². The Kier molecular flexibility index (Phi) is 4.95. The molecular formula is C16H20N4O2. The van der Waals surface area contributed by atoms with Crippen molar-refractivity contribution in [2.75, 3.05) is 16.9 Å². The Hall–Kier alpha value is -2.60. The molecule has 0 spiro atoms. The maximum Gasteiger partial charge on any atom is 0.333 e. The van der Waals surface area contributed by atoms with Gasteiger partial charge in [-0.25, -0.2) is 9.36 Å². The molecule has 2 rings (SSSR count). The number of anilines is 2. The number of nitrogens with one attached hydrogen (secondary N) is 1. The van der Waals surface area contributed by atoms with Crippen LogP contribution in [0.2, 0.25) is 0 Å². The Morgan fingerprint density at radius 3 is 2.77 bits per heavy atom. The number of fused-ring (bicyclic) bond motifs is 1. The zero-order valence-corrected chi connectivity index (χ0v) is 13.0. The fourth-order valence-corrected chi connectivity index (χ4v) is 2.40. The average Bonchev–Trinajstić information content (AvgIpc) is 2.93. The van der Waals surface area contributed by atoms with Crippen LogP contribution < -0.4 is 21.5 Å². The Balaban J connectivity index is 2.35. The fraction of sp³-hybridized carbons (Fsp3) is 0.500. The third-order valence-corrected chi connectivity index (χ3v) is 3.56. The highest BCUT2D eigenvalue weighted by atomic mass is 16.2. The molecule has 1 aromatic heterocycles. The van der Waals surface area contributed by atoms with E-state index in [1.807, 2.05) is 0 Å². The maximum atomic E-state index is 12.3. The molecular weight excluding hydrogens is 280 g/mol. The summed E-state index contributed by atoms with van der Waals surface area (Å²) < 4.78 is 2.46. The average molecular weight is 300 g/mol. The molecule has 0 bridgehead atoms. The number of terminal acetylenes is 1. The second kappa shape index (κ2) is 6.91. The first-order chi connectivity index (χ1) is 10.6. The maximum absolute atomic E-state index is 12.3. The Bertz CT molecular complexity index is 771. The van der Waals surface area contributed by atoms with Crippen LogP contribution in [0.5, 0.6) is 0 Å². The number of hydrogen-bond acceptors (Lipinski definition) is 4. The van der Waals surface area contributed by atoms with Crippen LogP contribution in [0.3, 0.4) is 0 Å².